The molecule has 0 bridgehead atoms. The SMILES string of the molecule is CC1(C)C/C(=C\c2ccc(O)c(OC(=O)C(F)(F)F)c2)C(c2ccc(-c3cccnc3)cc2)C(C)(C)C1. The summed E-state index contributed by atoms with van der Waals surface area (Å²) in [4.78, 5) is 15.5. The van der Waals surface area contributed by atoms with Crippen LogP contribution in [-0.4, -0.2) is 22.2 Å². The lowest BCUT2D eigenvalue weighted by atomic mass is 9.56. The molecule has 1 fully saturated rings. The minimum absolute atomic E-state index is 0.00395. The van der Waals surface area contributed by atoms with Crippen LogP contribution in [0.1, 0.15) is 57.6 Å². The molecule has 0 saturated heterocycles. The number of allylic oxidation sites excluding steroid dienone is 1. The fourth-order valence-corrected chi connectivity index (χ4v) is 5.83. The molecule has 1 atom stereocenters. The van der Waals surface area contributed by atoms with Crippen molar-refractivity contribution in [3.63, 3.8) is 0 Å². The van der Waals surface area contributed by atoms with E-state index in [0.717, 1.165) is 35.1 Å². The van der Waals surface area contributed by atoms with Crippen molar-refractivity contribution >= 4 is 12.0 Å². The molecule has 4 nitrogen and oxygen atoms in total. The fourth-order valence-electron chi connectivity index (χ4n) is 5.83. The first-order valence-electron chi connectivity index (χ1n) is 12.1. The molecule has 1 saturated carbocycles. The Bertz CT molecular complexity index is 1310. The summed E-state index contributed by atoms with van der Waals surface area (Å²) in [7, 11) is 0. The topological polar surface area (TPSA) is 59.4 Å². The van der Waals surface area contributed by atoms with E-state index in [9.17, 15) is 23.1 Å². The second kappa shape index (κ2) is 9.69. The molecule has 1 N–H and O–H groups in total. The Morgan fingerprint density at radius 2 is 1.76 bits per heavy atom. The third-order valence-corrected chi connectivity index (χ3v) is 6.78. The number of phenols is 1. The Hall–Kier alpha value is -3.61. The molecule has 2 aromatic carbocycles. The van der Waals surface area contributed by atoms with Crippen molar-refractivity contribution in [2.45, 2.75) is 52.6 Å². The van der Waals surface area contributed by atoms with Crippen molar-refractivity contribution < 1.29 is 27.8 Å². The van der Waals surface area contributed by atoms with Crippen LogP contribution in [0.25, 0.3) is 17.2 Å². The lowest BCUT2D eigenvalue weighted by molar-refractivity contribution is -0.189. The molecule has 4 rings (SSSR count). The van der Waals surface area contributed by atoms with Gasteiger partial charge in [-0.05, 0) is 64.1 Å². The van der Waals surface area contributed by atoms with Crippen LogP contribution < -0.4 is 4.74 Å². The number of aromatic hydroxyl groups is 1. The van der Waals surface area contributed by atoms with Crippen LogP contribution in [0.5, 0.6) is 11.5 Å². The number of halogens is 3. The van der Waals surface area contributed by atoms with E-state index < -0.39 is 23.6 Å². The van der Waals surface area contributed by atoms with E-state index in [4.69, 9.17) is 0 Å². The van der Waals surface area contributed by atoms with Gasteiger partial charge in [0.05, 0.1) is 0 Å². The molecule has 1 aliphatic rings. The third kappa shape index (κ3) is 6.04. The van der Waals surface area contributed by atoms with Crippen LogP contribution in [0, 0.1) is 10.8 Å². The Morgan fingerprint density at radius 3 is 2.38 bits per heavy atom. The van der Waals surface area contributed by atoms with Crippen LogP contribution in [0.15, 0.2) is 72.6 Å². The van der Waals surface area contributed by atoms with Gasteiger partial charge in [0, 0.05) is 18.3 Å². The second-order valence-corrected chi connectivity index (χ2v) is 11.1. The van der Waals surface area contributed by atoms with E-state index >= 15 is 0 Å². The number of alkyl halides is 3. The molecule has 1 unspecified atom stereocenters. The van der Waals surface area contributed by atoms with Crippen molar-refractivity contribution in [2.24, 2.45) is 10.8 Å². The number of nitrogens with zero attached hydrogens (tertiary/aromatic N) is 1. The number of carbonyl (C=O) groups excluding carboxylic acids is 1. The Labute approximate surface area is 214 Å². The van der Waals surface area contributed by atoms with Gasteiger partial charge in [-0.3, -0.25) is 4.98 Å². The molecule has 3 aromatic rings. The van der Waals surface area contributed by atoms with Crippen molar-refractivity contribution in [1.82, 2.24) is 4.98 Å². The number of pyridine rings is 1. The summed E-state index contributed by atoms with van der Waals surface area (Å²) in [5.41, 5.74) is 4.79. The van der Waals surface area contributed by atoms with Gasteiger partial charge in [-0.15, -0.1) is 0 Å². The largest absolute Gasteiger partial charge is 0.504 e. The third-order valence-electron chi connectivity index (χ3n) is 6.78. The zero-order chi connectivity index (χ0) is 27.0. The maximum atomic E-state index is 12.7. The molecule has 0 radical (unpaired) electrons. The van der Waals surface area contributed by atoms with Gasteiger partial charge in [-0.25, -0.2) is 4.79 Å². The van der Waals surface area contributed by atoms with Gasteiger partial charge in [0.15, 0.2) is 11.5 Å². The highest BCUT2D eigenvalue weighted by Gasteiger charge is 2.44. The number of esters is 1. The normalized spacial score (nSPS) is 20.0. The molecule has 194 valence electrons. The molecular weight excluding hydrogens is 479 g/mol. The molecule has 0 amide bonds. The van der Waals surface area contributed by atoms with E-state index in [2.05, 4.69) is 61.7 Å². The quantitative estimate of drug-likeness (QED) is 0.287. The number of rotatable bonds is 4. The smallest absolute Gasteiger partial charge is 0.491 e. The highest BCUT2D eigenvalue weighted by molar-refractivity contribution is 5.79. The van der Waals surface area contributed by atoms with Crippen LogP contribution in [-0.2, 0) is 4.79 Å². The fraction of sp³-hybridized carbons (Fsp3) is 0.333. The van der Waals surface area contributed by atoms with Crippen LogP contribution in [0.4, 0.5) is 13.2 Å². The van der Waals surface area contributed by atoms with Gasteiger partial charge >= 0.3 is 12.1 Å². The maximum absolute atomic E-state index is 12.7. The lowest BCUT2D eigenvalue weighted by Crippen LogP contribution is -2.36. The maximum Gasteiger partial charge on any atom is 0.491 e. The van der Waals surface area contributed by atoms with Gasteiger partial charge in [0.1, 0.15) is 0 Å². The average molecular weight is 510 g/mol. The summed E-state index contributed by atoms with van der Waals surface area (Å²) in [6.45, 7) is 8.87. The summed E-state index contributed by atoms with van der Waals surface area (Å²) < 4.78 is 42.6. The number of phenolic OH excluding ortho intramolecular Hbond substituents is 1. The van der Waals surface area contributed by atoms with Gasteiger partial charge in [-0.1, -0.05) is 75.7 Å². The zero-order valence-corrected chi connectivity index (χ0v) is 21.3. The van der Waals surface area contributed by atoms with E-state index in [1.54, 1.807) is 12.3 Å². The van der Waals surface area contributed by atoms with Gasteiger partial charge < -0.3 is 9.84 Å². The van der Waals surface area contributed by atoms with Crippen molar-refractivity contribution in [3.05, 3.63) is 83.7 Å². The average Bonchev–Trinajstić information content (AvgIpc) is 2.80. The number of hydrogen-bond acceptors (Lipinski definition) is 4. The highest BCUT2D eigenvalue weighted by atomic mass is 19.4. The second-order valence-electron chi connectivity index (χ2n) is 11.1. The number of aromatic nitrogens is 1. The zero-order valence-electron chi connectivity index (χ0n) is 21.3. The van der Waals surface area contributed by atoms with Crippen molar-refractivity contribution in [1.29, 1.82) is 0 Å². The highest BCUT2D eigenvalue weighted by Crippen LogP contribution is 2.56. The molecule has 1 heterocycles. The summed E-state index contributed by atoms with van der Waals surface area (Å²) in [6, 6.07) is 16.4. The molecule has 0 aliphatic heterocycles. The summed E-state index contributed by atoms with van der Waals surface area (Å²) in [5.74, 6) is -3.38. The summed E-state index contributed by atoms with van der Waals surface area (Å²) in [5, 5.41) is 10.0. The number of ether oxygens (including phenoxy) is 1. The van der Waals surface area contributed by atoms with Gasteiger partial charge in [0.2, 0.25) is 0 Å². The van der Waals surface area contributed by atoms with E-state index in [1.165, 1.54) is 12.1 Å². The minimum atomic E-state index is -5.16. The van der Waals surface area contributed by atoms with E-state index in [0.29, 0.717) is 5.56 Å². The van der Waals surface area contributed by atoms with Gasteiger partial charge in [0.25, 0.3) is 0 Å². The van der Waals surface area contributed by atoms with E-state index in [-0.39, 0.29) is 16.7 Å². The molecule has 0 spiro atoms. The summed E-state index contributed by atoms with van der Waals surface area (Å²) >= 11 is 0. The van der Waals surface area contributed by atoms with Crippen molar-refractivity contribution in [2.75, 3.05) is 0 Å². The predicted octanol–water partition coefficient (Wildman–Crippen LogP) is 7.94. The summed E-state index contributed by atoms with van der Waals surface area (Å²) in [6.07, 6.45) is 2.10. The lowest BCUT2D eigenvalue weighted by Gasteiger charge is -2.48. The Balaban J connectivity index is 1.73. The van der Waals surface area contributed by atoms with E-state index in [1.807, 2.05) is 24.4 Å². The van der Waals surface area contributed by atoms with Crippen LogP contribution in [0.2, 0.25) is 0 Å². The molecule has 1 aliphatic carbocycles. The Morgan fingerprint density at radius 1 is 1.05 bits per heavy atom. The standard InChI is InChI=1S/C30H30F3NO3/c1-28(2)16-23(14-19-7-12-24(35)25(15-19)37-27(36)30(31,32)33)26(29(3,4)18-28)21-10-8-20(9-11-21)22-6-5-13-34-17-22/h5-15,17,26,35H,16,18H2,1-4H3/b23-14+. The predicted molar refractivity (Wildman–Crippen MR) is 137 cm³/mol. The van der Waals surface area contributed by atoms with Crippen LogP contribution in [0.3, 0.4) is 0 Å². The van der Waals surface area contributed by atoms with Gasteiger partial charge in [-0.2, -0.15) is 13.2 Å². The number of hydrogen-bond donors (Lipinski definition) is 1. The number of benzene rings is 2. The number of carbonyl (C=O) groups is 1. The Kier molecular flexibility index (Phi) is 6.93. The molecule has 7 heteroatoms. The monoisotopic (exact) mass is 509 g/mol. The first-order valence-corrected chi connectivity index (χ1v) is 12.1. The first kappa shape index (κ1) is 26.5. The van der Waals surface area contributed by atoms with Crippen LogP contribution >= 0.6 is 0 Å². The van der Waals surface area contributed by atoms with Crippen molar-refractivity contribution in [3.8, 4) is 22.6 Å². The molecule has 1 aromatic heterocycles. The first-order chi connectivity index (χ1) is 17.2. The molecule has 37 heavy (non-hydrogen) atoms. The molecular formula is C30H30F3NO3. The minimum Gasteiger partial charge on any atom is -0.504 e.